The molecule has 26 heavy (non-hydrogen) atoms. The van der Waals surface area contributed by atoms with Crippen molar-refractivity contribution in [2.75, 3.05) is 19.5 Å². The van der Waals surface area contributed by atoms with Gasteiger partial charge in [-0.1, -0.05) is 0 Å². The van der Waals surface area contributed by atoms with E-state index in [0.717, 1.165) is 0 Å². The summed E-state index contributed by atoms with van der Waals surface area (Å²) in [5, 5.41) is 2.89. The first kappa shape index (κ1) is 17.9. The lowest BCUT2D eigenvalue weighted by Gasteiger charge is -2.11. The van der Waals surface area contributed by atoms with E-state index in [1.54, 1.807) is 12.1 Å². The molecule has 0 aliphatic heterocycles. The quantitative estimate of drug-likeness (QED) is 0.685. The summed E-state index contributed by atoms with van der Waals surface area (Å²) in [6.45, 7) is 0. The molecule has 0 aliphatic rings. The van der Waals surface area contributed by atoms with Gasteiger partial charge in [0.05, 0.1) is 23.9 Å². The Balaban J connectivity index is 1.91. The molecule has 1 heterocycles. The number of methoxy groups -OCH3 is 1. The molecule has 1 aromatic heterocycles. The zero-order chi connectivity index (χ0) is 18.7. The fourth-order valence-electron chi connectivity index (χ4n) is 2.26. The van der Waals surface area contributed by atoms with Crippen LogP contribution in [0.2, 0.25) is 0 Å². The maximum atomic E-state index is 13.0. The Morgan fingerprint density at radius 3 is 2.54 bits per heavy atom. The average Bonchev–Trinajstić information content (AvgIpc) is 3.10. The smallest absolute Gasteiger partial charge is 0.299 e. The maximum Gasteiger partial charge on any atom is 0.299 e. The normalized spacial score (nSPS) is 11.3. The summed E-state index contributed by atoms with van der Waals surface area (Å²) in [6, 6.07) is 10.3. The van der Waals surface area contributed by atoms with Crippen molar-refractivity contribution in [3.05, 3.63) is 54.5 Å². The lowest BCUT2D eigenvalue weighted by molar-refractivity contribution is 0.416. The van der Waals surface area contributed by atoms with Gasteiger partial charge in [0, 0.05) is 5.56 Å². The summed E-state index contributed by atoms with van der Waals surface area (Å²) in [6.07, 6.45) is 1.48. The minimum atomic E-state index is -3.61. The molecule has 0 amide bonds. The van der Waals surface area contributed by atoms with Crippen molar-refractivity contribution in [3.8, 4) is 17.1 Å². The number of anilines is 2. The predicted molar refractivity (Wildman–Crippen MR) is 94.4 cm³/mol. The van der Waals surface area contributed by atoms with Gasteiger partial charge < -0.3 is 14.5 Å². The van der Waals surface area contributed by atoms with Crippen LogP contribution in [-0.2, 0) is 10.0 Å². The number of hydrogen-bond donors (Lipinski definition) is 2. The number of sulfonamides is 1. The van der Waals surface area contributed by atoms with Gasteiger partial charge in [0.1, 0.15) is 11.6 Å². The number of halogens is 1. The molecule has 0 bridgehead atoms. The van der Waals surface area contributed by atoms with Crippen LogP contribution in [-0.4, -0.2) is 27.6 Å². The summed E-state index contributed by atoms with van der Waals surface area (Å²) in [7, 11) is -0.818. The van der Waals surface area contributed by atoms with E-state index < -0.39 is 10.0 Å². The summed E-state index contributed by atoms with van der Waals surface area (Å²) < 4.78 is 50.0. The largest absolute Gasteiger partial charge is 0.495 e. The van der Waals surface area contributed by atoms with Gasteiger partial charge in [-0.15, -0.1) is 0 Å². The monoisotopic (exact) mass is 377 g/mol. The molecule has 0 spiro atoms. The van der Waals surface area contributed by atoms with E-state index in [-0.39, 0.29) is 16.7 Å². The lowest BCUT2D eigenvalue weighted by atomic mass is 10.2. The van der Waals surface area contributed by atoms with Gasteiger partial charge in [-0.25, -0.2) is 22.5 Å². The fourth-order valence-corrected chi connectivity index (χ4v) is 3.02. The molecule has 2 N–H and O–H groups in total. The van der Waals surface area contributed by atoms with Crippen LogP contribution in [0, 0.1) is 5.82 Å². The van der Waals surface area contributed by atoms with Gasteiger partial charge in [0.15, 0.2) is 5.76 Å². The fraction of sp³-hybridized carbons (Fsp3) is 0.118. The van der Waals surface area contributed by atoms with E-state index in [1.165, 1.54) is 50.7 Å². The Hall–Kier alpha value is -2.91. The highest BCUT2D eigenvalue weighted by atomic mass is 32.2. The van der Waals surface area contributed by atoms with E-state index in [9.17, 15) is 12.8 Å². The Morgan fingerprint density at radius 1 is 1.15 bits per heavy atom. The van der Waals surface area contributed by atoms with Gasteiger partial charge >= 0.3 is 0 Å². The molecular weight excluding hydrogens is 361 g/mol. The van der Waals surface area contributed by atoms with Crippen molar-refractivity contribution in [1.82, 2.24) is 9.71 Å². The molecule has 0 unspecified atom stereocenters. The van der Waals surface area contributed by atoms with Crippen molar-refractivity contribution >= 4 is 21.7 Å². The second-order valence-electron chi connectivity index (χ2n) is 5.23. The minimum Gasteiger partial charge on any atom is -0.495 e. The summed E-state index contributed by atoms with van der Waals surface area (Å²) in [4.78, 5) is 4.17. The van der Waals surface area contributed by atoms with Crippen molar-refractivity contribution in [3.63, 3.8) is 0 Å². The van der Waals surface area contributed by atoms with Gasteiger partial charge in [-0.2, -0.15) is 0 Å². The third kappa shape index (κ3) is 3.68. The molecule has 7 nitrogen and oxygen atoms in total. The Bertz CT molecular complexity index is 1020. The summed E-state index contributed by atoms with van der Waals surface area (Å²) in [5.74, 6) is 0.506. The molecule has 0 aliphatic carbocycles. The highest BCUT2D eigenvalue weighted by Gasteiger charge is 2.16. The first-order valence-corrected chi connectivity index (χ1v) is 9.01. The number of nitrogens with zero attached hydrogens (tertiary/aromatic N) is 1. The number of aromatic nitrogens is 1. The molecule has 9 heteroatoms. The lowest BCUT2D eigenvalue weighted by Crippen LogP contribution is -2.18. The first-order valence-electron chi connectivity index (χ1n) is 7.53. The molecule has 2 aromatic carbocycles. The van der Waals surface area contributed by atoms with Gasteiger partial charge in [-0.05, 0) is 49.5 Å². The number of nitrogens with one attached hydrogen (secondary N) is 2. The van der Waals surface area contributed by atoms with E-state index in [1.807, 2.05) is 0 Å². The average molecular weight is 377 g/mol. The molecule has 0 atom stereocenters. The van der Waals surface area contributed by atoms with Crippen LogP contribution in [0.3, 0.4) is 0 Å². The van der Waals surface area contributed by atoms with Crippen LogP contribution in [0.15, 0.2) is 58.0 Å². The number of benzene rings is 2. The number of oxazole rings is 1. The van der Waals surface area contributed by atoms with Crippen LogP contribution < -0.4 is 14.8 Å². The number of rotatable bonds is 6. The predicted octanol–water partition coefficient (Wildman–Crippen LogP) is 3.14. The summed E-state index contributed by atoms with van der Waals surface area (Å²) in [5.41, 5.74) is 1.03. The van der Waals surface area contributed by atoms with E-state index >= 15 is 0 Å². The van der Waals surface area contributed by atoms with Gasteiger partial charge in [-0.3, -0.25) is 0 Å². The third-order valence-electron chi connectivity index (χ3n) is 3.63. The number of ether oxygens (including phenoxy) is 1. The second kappa shape index (κ2) is 7.14. The van der Waals surface area contributed by atoms with E-state index in [2.05, 4.69) is 15.0 Å². The zero-order valence-corrected chi connectivity index (χ0v) is 14.8. The highest BCUT2D eigenvalue weighted by molar-refractivity contribution is 7.89. The molecular formula is C17H16FN3O4S. The SMILES string of the molecule is CNS(=O)(=O)c1ccc(OC)c(Nc2ncc(-c3ccc(F)cc3)o2)c1. The van der Waals surface area contributed by atoms with Crippen LogP contribution in [0.4, 0.5) is 16.1 Å². The maximum absolute atomic E-state index is 13.0. The van der Waals surface area contributed by atoms with Crippen LogP contribution in [0.25, 0.3) is 11.3 Å². The summed E-state index contributed by atoms with van der Waals surface area (Å²) >= 11 is 0. The molecule has 0 saturated heterocycles. The Morgan fingerprint density at radius 2 is 1.88 bits per heavy atom. The van der Waals surface area contributed by atoms with Crippen molar-refractivity contribution in [2.45, 2.75) is 4.90 Å². The molecule has 3 aromatic rings. The number of hydrogen-bond acceptors (Lipinski definition) is 6. The zero-order valence-electron chi connectivity index (χ0n) is 14.0. The van der Waals surface area contributed by atoms with Gasteiger partial charge in [0.2, 0.25) is 10.0 Å². The van der Waals surface area contributed by atoms with Crippen molar-refractivity contribution in [1.29, 1.82) is 0 Å². The Kier molecular flexibility index (Phi) is 4.92. The van der Waals surface area contributed by atoms with Crippen LogP contribution in [0.5, 0.6) is 5.75 Å². The molecule has 136 valence electrons. The van der Waals surface area contributed by atoms with Crippen molar-refractivity contribution in [2.24, 2.45) is 0 Å². The molecule has 0 fully saturated rings. The van der Waals surface area contributed by atoms with E-state index in [4.69, 9.17) is 9.15 Å². The molecule has 3 rings (SSSR count). The second-order valence-corrected chi connectivity index (χ2v) is 7.12. The van der Waals surface area contributed by atoms with Gasteiger partial charge in [0.25, 0.3) is 6.01 Å². The standard InChI is InChI=1S/C17H16FN3O4S/c1-19-26(22,23)13-7-8-15(24-2)14(9-13)21-17-20-10-16(25-17)11-3-5-12(18)6-4-11/h3-10,19H,1-2H3,(H,20,21). The van der Waals surface area contributed by atoms with Crippen LogP contribution >= 0.6 is 0 Å². The Labute approximate surface area is 149 Å². The van der Waals surface area contributed by atoms with Crippen LogP contribution in [0.1, 0.15) is 0 Å². The highest BCUT2D eigenvalue weighted by Crippen LogP contribution is 2.31. The minimum absolute atomic E-state index is 0.0635. The van der Waals surface area contributed by atoms with Crippen molar-refractivity contribution < 1.29 is 22.0 Å². The topological polar surface area (TPSA) is 93.5 Å². The molecule has 0 radical (unpaired) electrons. The molecule has 0 saturated carbocycles. The first-order chi connectivity index (χ1) is 12.4. The van der Waals surface area contributed by atoms with E-state index in [0.29, 0.717) is 22.8 Å². The third-order valence-corrected chi connectivity index (χ3v) is 5.04.